The third-order valence-corrected chi connectivity index (χ3v) is 10.6. The molecule has 13 nitrogen and oxygen atoms in total. The number of benzene rings is 3. The Balaban J connectivity index is 1.25. The Kier molecular flexibility index (Phi) is 13.1. The molecular weight excluding hydrogens is 711 g/mol. The van der Waals surface area contributed by atoms with Gasteiger partial charge in [-0.05, 0) is 44.0 Å². The van der Waals surface area contributed by atoms with E-state index in [0.29, 0.717) is 52.5 Å². The predicted molar refractivity (Wildman–Crippen MR) is 205 cm³/mol. The number of nitro groups is 1. The minimum atomic E-state index is -0.399. The molecule has 0 spiro atoms. The van der Waals surface area contributed by atoms with Gasteiger partial charge in [-0.1, -0.05) is 36.1 Å². The molecule has 0 amide bonds. The number of nitro benzene ring substituents is 1. The fourth-order valence-electron chi connectivity index (χ4n) is 6.17. The first-order valence-electron chi connectivity index (χ1n) is 16.6. The monoisotopic (exact) mass is 753 g/mol. The molecule has 0 N–H and O–H groups in total. The van der Waals surface area contributed by atoms with E-state index >= 15 is 0 Å². The number of nitrogens with zero attached hydrogens (tertiary/aromatic N) is 3. The summed E-state index contributed by atoms with van der Waals surface area (Å²) in [6.07, 6.45) is 2.57. The maximum absolute atomic E-state index is 14.1. The molecule has 1 aromatic heterocycles. The van der Waals surface area contributed by atoms with Gasteiger partial charge in [-0.15, -0.1) is 0 Å². The second-order valence-corrected chi connectivity index (χ2v) is 13.7. The van der Waals surface area contributed by atoms with Crippen LogP contribution in [0.4, 0.5) is 5.69 Å². The van der Waals surface area contributed by atoms with E-state index in [4.69, 9.17) is 45.1 Å². The van der Waals surface area contributed by atoms with Crippen LogP contribution in [-0.4, -0.2) is 93.9 Å². The minimum Gasteiger partial charge on any atom is -0.496 e. The summed E-state index contributed by atoms with van der Waals surface area (Å²) in [7, 11) is 9.66. The lowest BCUT2D eigenvalue weighted by Crippen LogP contribution is -2.44. The number of non-ortho nitro benzene ring substituents is 1. The third-order valence-electron chi connectivity index (χ3n) is 9.03. The van der Waals surface area contributed by atoms with E-state index in [-0.39, 0.29) is 40.2 Å². The molecule has 0 aliphatic carbocycles. The zero-order chi connectivity index (χ0) is 37.4. The second-order valence-electron chi connectivity index (χ2n) is 12.1. The van der Waals surface area contributed by atoms with Gasteiger partial charge in [0.05, 0.1) is 47.1 Å². The van der Waals surface area contributed by atoms with Gasteiger partial charge in [0.1, 0.15) is 26.8 Å². The highest BCUT2D eigenvalue weighted by atomic mass is 32.2. The van der Waals surface area contributed by atoms with Crippen molar-refractivity contribution in [3.05, 3.63) is 74.4 Å². The first kappa shape index (κ1) is 38.5. The van der Waals surface area contributed by atoms with Crippen LogP contribution in [0.15, 0.2) is 57.7 Å². The summed E-state index contributed by atoms with van der Waals surface area (Å²) >= 11 is 7.29. The van der Waals surface area contributed by atoms with Crippen molar-refractivity contribution in [2.45, 2.75) is 31.1 Å². The molecule has 3 aromatic carbocycles. The van der Waals surface area contributed by atoms with Crippen molar-refractivity contribution < 1.29 is 37.8 Å². The molecule has 15 heteroatoms. The van der Waals surface area contributed by atoms with Crippen molar-refractivity contribution in [1.82, 2.24) is 9.80 Å². The molecule has 0 saturated carbocycles. The molecule has 5 rings (SSSR count). The van der Waals surface area contributed by atoms with Crippen molar-refractivity contribution in [2.75, 3.05) is 68.8 Å². The number of likely N-dealkylation sites (tertiary alicyclic amines) is 1. The van der Waals surface area contributed by atoms with Crippen LogP contribution < -0.4 is 33.8 Å². The van der Waals surface area contributed by atoms with Crippen LogP contribution in [0.2, 0.25) is 0 Å². The van der Waals surface area contributed by atoms with E-state index in [1.165, 1.54) is 47.7 Å². The highest BCUT2D eigenvalue weighted by molar-refractivity contribution is 8.22. The van der Waals surface area contributed by atoms with Gasteiger partial charge in [-0.2, -0.15) is 0 Å². The number of hydrogen-bond acceptors (Lipinski definition) is 13. The SMILES string of the molecule is COc1cc(OC)c2c(=O)c(OCCCN(C)C3CCN(C(=S)SCc4ccc([N+](=O)[O-])cc4)CC3)c(-c3cc(OC)c(OC)c(OC)c3)oc2c1. The smallest absolute Gasteiger partial charge is 0.269 e. The molecule has 0 unspecified atom stereocenters. The Bertz CT molecular complexity index is 1920. The quantitative estimate of drug-likeness (QED) is 0.0545. The standard InChI is InChI=1S/C37H43N3O10S2/c1-38(25-12-15-39(16-13-25)37(51)52-22-23-8-10-26(11-9-23)40(42)43)14-7-17-49-36-33(41)32-28(45-3)20-27(44-2)21-29(32)50-34(36)24-18-30(46-4)35(48-6)31(19-24)47-5/h8-11,18-21,25H,7,12-17,22H2,1-6H3. The summed E-state index contributed by atoms with van der Waals surface area (Å²) in [6.45, 7) is 2.71. The van der Waals surface area contributed by atoms with Gasteiger partial charge in [0, 0.05) is 61.3 Å². The zero-order valence-electron chi connectivity index (χ0n) is 30.1. The summed E-state index contributed by atoms with van der Waals surface area (Å²) in [5.74, 6) is 2.87. The van der Waals surface area contributed by atoms with Crippen LogP contribution in [0.3, 0.4) is 0 Å². The fraction of sp³-hybridized carbons (Fsp3) is 0.405. The summed E-state index contributed by atoms with van der Waals surface area (Å²) in [5.41, 5.74) is 1.46. The number of methoxy groups -OCH3 is 5. The average molecular weight is 754 g/mol. The average Bonchev–Trinajstić information content (AvgIpc) is 3.17. The molecular formula is C37H43N3O10S2. The Morgan fingerprint density at radius 3 is 2.17 bits per heavy atom. The predicted octanol–water partition coefficient (Wildman–Crippen LogP) is 6.79. The molecule has 1 fully saturated rings. The van der Waals surface area contributed by atoms with Crippen molar-refractivity contribution in [3.63, 3.8) is 0 Å². The van der Waals surface area contributed by atoms with Crippen molar-refractivity contribution >= 4 is 45.0 Å². The van der Waals surface area contributed by atoms with Crippen LogP contribution in [0.5, 0.6) is 34.5 Å². The Hall–Kier alpha value is -4.73. The minimum absolute atomic E-state index is 0.0425. The zero-order valence-corrected chi connectivity index (χ0v) is 31.7. The molecule has 1 saturated heterocycles. The molecule has 2 heterocycles. The maximum atomic E-state index is 14.1. The second kappa shape index (κ2) is 17.7. The van der Waals surface area contributed by atoms with Crippen LogP contribution in [-0.2, 0) is 5.75 Å². The highest BCUT2D eigenvalue weighted by Crippen LogP contribution is 2.44. The van der Waals surface area contributed by atoms with Gasteiger partial charge in [0.2, 0.25) is 16.9 Å². The van der Waals surface area contributed by atoms with Crippen molar-refractivity contribution in [1.29, 1.82) is 0 Å². The van der Waals surface area contributed by atoms with Gasteiger partial charge >= 0.3 is 0 Å². The van der Waals surface area contributed by atoms with Gasteiger partial charge in [-0.25, -0.2) is 0 Å². The first-order valence-corrected chi connectivity index (χ1v) is 18.0. The molecule has 4 aromatic rings. The lowest BCUT2D eigenvalue weighted by Gasteiger charge is -2.37. The van der Waals surface area contributed by atoms with Gasteiger partial charge < -0.3 is 42.6 Å². The van der Waals surface area contributed by atoms with Crippen LogP contribution in [0.1, 0.15) is 24.8 Å². The molecule has 0 atom stereocenters. The molecule has 278 valence electrons. The normalized spacial score (nSPS) is 13.2. The van der Waals surface area contributed by atoms with E-state index in [9.17, 15) is 14.9 Å². The summed E-state index contributed by atoms with van der Waals surface area (Å²) in [6, 6.07) is 13.6. The van der Waals surface area contributed by atoms with Crippen LogP contribution in [0, 0.1) is 10.1 Å². The molecule has 52 heavy (non-hydrogen) atoms. The van der Waals surface area contributed by atoms with Gasteiger partial charge in [0.25, 0.3) is 5.69 Å². The Labute approximate surface area is 311 Å². The fourth-order valence-corrected chi connectivity index (χ4v) is 7.37. The third kappa shape index (κ3) is 8.65. The lowest BCUT2D eigenvalue weighted by molar-refractivity contribution is -0.384. The Morgan fingerprint density at radius 1 is 0.942 bits per heavy atom. The van der Waals surface area contributed by atoms with E-state index in [0.717, 1.165) is 42.4 Å². The van der Waals surface area contributed by atoms with E-state index < -0.39 is 4.92 Å². The topological polar surface area (TPSA) is 135 Å². The van der Waals surface area contributed by atoms with Gasteiger partial charge in [-0.3, -0.25) is 14.9 Å². The van der Waals surface area contributed by atoms with Gasteiger partial charge in [0.15, 0.2) is 17.3 Å². The number of thiocarbonyl (C=S) groups is 1. The van der Waals surface area contributed by atoms with E-state index in [1.807, 2.05) is 0 Å². The number of piperidine rings is 1. The van der Waals surface area contributed by atoms with E-state index in [2.05, 4.69) is 16.8 Å². The first-order chi connectivity index (χ1) is 25.1. The number of ether oxygens (including phenoxy) is 6. The largest absolute Gasteiger partial charge is 0.496 e. The Morgan fingerprint density at radius 2 is 1.60 bits per heavy atom. The molecule has 1 aliphatic heterocycles. The lowest BCUT2D eigenvalue weighted by atomic mass is 10.0. The highest BCUT2D eigenvalue weighted by Gasteiger charge is 2.26. The van der Waals surface area contributed by atoms with Crippen molar-refractivity contribution in [3.8, 4) is 45.8 Å². The summed E-state index contributed by atoms with van der Waals surface area (Å²) in [4.78, 5) is 29.2. The number of hydrogen-bond donors (Lipinski definition) is 0. The summed E-state index contributed by atoms with van der Waals surface area (Å²) < 4.78 is 41.1. The van der Waals surface area contributed by atoms with E-state index in [1.54, 1.807) is 48.2 Å². The molecule has 0 bridgehead atoms. The number of thioether (sulfide) groups is 1. The molecule has 0 radical (unpaired) electrons. The number of rotatable bonds is 15. The molecule has 1 aliphatic rings. The van der Waals surface area contributed by atoms with Crippen LogP contribution in [0.25, 0.3) is 22.3 Å². The number of fused-ring (bicyclic) bond motifs is 1. The summed E-state index contributed by atoms with van der Waals surface area (Å²) in [5, 5.41) is 11.2. The van der Waals surface area contributed by atoms with Crippen LogP contribution >= 0.6 is 24.0 Å². The van der Waals surface area contributed by atoms with Crippen molar-refractivity contribution in [2.24, 2.45) is 0 Å². The maximum Gasteiger partial charge on any atom is 0.269 e.